The highest BCUT2D eigenvalue weighted by atomic mass is 32.2. The second-order valence-electron chi connectivity index (χ2n) is 3.72. The average Bonchev–Trinajstić information content (AvgIpc) is 2.21. The van der Waals surface area contributed by atoms with Gasteiger partial charge >= 0.3 is 0 Å². The number of nitrogens with two attached hydrogens (primary N) is 1. The Balaban J connectivity index is 3.02. The summed E-state index contributed by atoms with van der Waals surface area (Å²) in [5.74, 6) is -1.22. The van der Waals surface area contributed by atoms with Crippen molar-refractivity contribution in [2.45, 2.75) is 25.1 Å². The molecule has 1 heterocycles. The summed E-state index contributed by atoms with van der Waals surface area (Å²) in [6, 6.07) is -0.878. The number of hydrogen-bond acceptors (Lipinski definition) is 5. The van der Waals surface area contributed by atoms with Crippen molar-refractivity contribution in [2.75, 3.05) is 13.1 Å². The number of nitrogens with one attached hydrogen (secondary N) is 1. The molecule has 0 aromatic heterocycles. The second-order valence-corrected chi connectivity index (χ2v) is 6.03. The fourth-order valence-electron chi connectivity index (χ4n) is 1.35. The monoisotopic (exact) mass is 249 g/mol. The number of piperazine rings is 1. The van der Waals surface area contributed by atoms with E-state index >= 15 is 0 Å². The first-order valence-electron chi connectivity index (χ1n) is 4.85. The molecule has 0 bridgehead atoms. The zero-order chi connectivity index (χ0) is 12.5. The third-order valence-corrected chi connectivity index (χ3v) is 4.85. The molecule has 0 aromatic carbocycles. The van der Waals surface area contributed by atoms with Gasteiger partial charge in [-0.15, -0.1) is 0 Å². The molecule has 2 unspecified atom stereocenters. The van der Waals surface area contributed by atoms with Crippen molar-refractivity contribution in [1.82, 2.24) is 9.62 Å². The number of imide groups is 1. The van der Waals surface area contributed by atoms with E-state index in [2.05, 4.69) is 5.32 Å². The lowest BCUT2D eigenvalue weighted by Crippen LogP contribution is -2.60. The summed E-state index contributed by atoms with van der Waals surface area (Å²) < 4.78 is 24.8. The molecule has 2 amide bonds. The maximum atomic E-state index is 11.9. The van der Waals surface area contributed by atoms with Crippen molar-refractivity contribution < 1.29 is 18.0 Å². The van der Waals surface area contributed by atoms with Crippen molar-refractivity contribution in [2.24, 2.45) is 5.73 Å². The molecule has 1 saturated heterocycles. The van der Waals surface area contributed by atoms with E-state index in [0.717, 1.165) is 4.31 Å². The van der Waals surface area contributed by atoms with E-state index in [1.165, 1.54) is 13.8 Å². The Bertz CT molecular complexity index is 406. The lowest BCUT2D eigenvalue weighted by atomic mass is 10.2. The quantitative estimate of drug-likeness (QED) is 0.563. The first-order chi connectivity index (χ1) is 7.30. The van der Waals surface area contributed by atoms with Crippen LogP contribution in [0.25, 0.3) is 0 Å². The molecule has 0 radical (unpaired) electrons. The van der Waals surface area contributed by atoms with Gasteiger partial charge in [-0.2, -0.15) is 4.31 Å². The van der Waals surface area contributed by atoms with E-state index in [1.807, 2.05) is 0 Å². The Kier molecular flexibility index (Phi) is 3.66. The summed E-state index contributed by atoms with van der Waals surface area (Å²) >= 11 is 0. The largest absolute Gasteiger partial charge is 0.329 e. The molecule has 8 heteroatoms. The van der Waals surface area contributed by atoms with E-state index in [1.54, 1.807) is 0 Å². The van der Waals surface area contributed by atoms with Crippen LogP contribution in [0.5, 0.6) is 0 Å². The lowest BCUT2D eigenvalue weighted by Gasteiger charge is -2.32. The van der Waals surface area contributed by atoms with Crippen LogP contribution in [0.1, 0.15) is 13.8 Å². The number of rotatable bonds is 3. The number of carbonyl (C=O) groups is 2. The third kappa shape index (κ3) is 2.23. The van der Waals surface area contributed by atoms with E-state index in [-0.39, 0.29) is 13.1 Å². The molecule has 1 rings (SSSR count). The maximum absolute atomic E-state index is 11.9. The molecule has 0 spiro atoms. The fraction of sp³-hybridized carbons (Fsp3) is 0.750. The topological polar surface area (TPSA) is 110 Å². The number of sulfonamides is 1. The zero-order valence-electron chi connectivity index (χ0n) is 9.13. The van der Waals surface area contributed by atoms with Gasteiger partial charge in [-0.1, -0.05) is 0 Å². The average molecular weight is 249 g/mol. The van der Waals surface area contributed by atoms with Crippen molar-refractivity contribution in [3.05, 3.63) is 0 Å². The summed E-state index contributed by atoms with van der Waals surface area (Å²) in [7, 11) is -3.70. The molecule has 1 aliphatic rings. The molecule has 0 aliphatic carbocycles. The summed E-state index contributed by atoms with van der Waals surface area (Å²) in [6.07, 6.45) is 0. The summed E-state index contributed by atoms with van der Waals surface area (Å²) in [6.45, 7) is 2.49. The fourth-order valence-corrected chi connectivity index (χ4v) is 2.89. The van der Waals surface area contributed by atoms with Crippen LogP contribution >= 0.6 is 0 Å². The normalized spacial score (nSPS) is 25.3. The predicted molar refractivity (Wildman–Crippen MR) is 56.8 cm³/mol. The van der Waals surface area contributed by atoms with Crippen LogP contribution in [0, 0.1) is 0 Å². The molecular weight excluding hydrogens is 234 g/mol. The highest BCUT2D eigenvalue weighted by molar-refractivity contribution is 7.89. The van der Waals surface area contributed by atoms with Crippen LogP contribution in [0.15, 0.2) is 0 Å². The van der Waals surface area contributed by atoms with Gasteiger partial charge in [-0.25, -0.2) is 8.42 Å². The van der Waals surface area contributed by atoms with Gasteiger partial charge in [0.2, 0.25) is 21.8 Å². The Labute approximate surface area is 94.0 Å². The number of carbonyl (C=O) groups excluding carboxylic acids is 2. The molecule has 3 N–H and O–H groups in total. The van der Waals surface area contributed by atoms with Gasteiger partial charge in [-0.05, 0) is 13.8 Å². The standard InChI is InChI=1S/C8H15N3O4S/c1-5(3-9)16(14,15)11-4-7(12)10-8(13)6(11)2/h5-6H,3-4,9H2,1-2H3,(H,10,12,13). The van der Waals surface area contributed by atoms with Gasteiger partial charge in [0.1, 0.15) is 6.04 Å². The first kappa shape index (κ1) is 13.1. The summed E-state index contributed by atoms with van der Waals surface area (Å²) in [5.41, 5.74) is 5.29. The molecule has 1 fully saturated rings. The number of amides is 2. The van der Waals surface area contributed by atoms with Gasteiger partial charge in [0.15, 0.2) is 0 Å². The van der Waals surface area contributed by atoms with Crippen LogP contribution in [0.3, 0.4) is 0 Å². The second kappa shape index (κ2) is 4.48. The van der Waals surface area contributed by atoms with Crippen molar-refractivity contribution in [3.63, 3.8) is 0 Å². The van der Waals surface area contributed by atoms with E-state index in [0.29, 0.717) is 0 Å². The smallest absolute Gasteiger partial charge is 0.244 e. The van der Waals surface area contributed by atoms with Gasteiger partial charge in [-0.3, -0.25) is 14.9 Å². The molecule has 92 valence electrons. The van der Waals surface area contributed by atoms with Gasteiger partial charge in [0.05, 0.1) is 11.8 Å². The minimum Gasteiger partial charge on any atom is -0.329 e. The van der Waals surface area contributed by atoms with Crippen molar-refractivity contribution >= 4 is 21.8 Å². The minimum absolute atomic E-state index is 0.0542. The van der Waals surface area contributed by atoms with Crippen LogP contribution < -0.4 is 11.1 Å². The third-order valence-electron chi connectivity index (χ3n) is 2.54. The van der Waals surface area contributed by atoms with Gasteiger partial charge in [0.25, 0.3) is 0 Å². The highest BCUT2D eigenvalue weighted by Crippen LogP contribution is 2.15. The molecule has 7 nitrogen and oxygen atoms in total. The van der Waals surface area contributed by atoms with Crippen molar-refractivity contribution in [3.8, 4) is 0 Å². The first-order valence-corrected chi connectivity index (χ1v) is 6.35. The predicted octanol–water partition coefficient (Wildman–Crippen LogP) is -1.99. The van der Waals surface area contributed by atoms with Crippen LogP contribution in [-0.4, -0.2) is 48.9 Å². The summed E-state index contributed by atoms with van der Waals surface area (Å²) in [5, 5.41) is 1.26. The zero-order valence-corrected chi connectivity index (χ0v) is 9.95. The number of nitrogens with zero attached hydrogens (tertiary/aromatic N) is 1. The molecule has 2 atom stereocenters. The van der Waals surface area contributed by atoms with Gasteiger partial charge < -0.3 is 5.73 Å². The molecule has 1 aliphatic heterocycles. The maximum Gasteiger partial charge on any atom is 0.244 e. The van der Waals surface area contributed by atoms with Crippen LogP contribution in [0.4, 0.5) is 0 Å². The van der Waals surface area contributed by atoms with E-state index in [9.17, 15) is 18.0 Å². The van der Waals surface area contributed by atoms with Gasteiger partial charge in [0, 0.05) is 6.54 Å². The SMILES string of the molecule is CC1C(=O)NC(=O)CN1S(=O)(=O)C(C)CN. The molecule has 0 aromatic rings. The Morgan fingerprint density at radius 3 is 2.62 bits per heavy atom. The Morgan fingerprint density at radius 1 is 1.56 bits per heavy atom. The van der Waals surface area contributed by atoms with Crippen molar-refractivity contribution in [1.29, 1.82) is 0 Å². The number of hydrogen-bond donors (Lipinski definition) is 2. The molecule has 0 saturated carbocycles. The van der Waals surface area contributed by atoms with E-state index < -0.39 is 33.1 Å². The molecule has 16 heavy (non-hydrogen) atoms. The van der Waals surface area contributed by atoms with Crippen LogP contribution in [0.2, 0.25) is 0 Å². The Hall–Kier alpha value is -0.990. The summed E-state index contributed by atoms with van der Waals surface area (Å²) in [4.78, 5) is 22.4. The minimum atomic E-state index is -3.70. The van der Waals surface area contributed by atoms with E-state index in [4.69, 9.17) is 5.73 Å². The van der Waals surface area contributed by atoms with Crippen LogP contribution in [-0.2, 0) is 19.6 Å². The lowest BCUT2D eigenvalue weighted by molar-refractivity contribution is -0.136. The highest BCUT2D eigenvalue weighted by Gasteiger charge is 2.40. The Morgan fingerprint density at radius 2 is 2.12 bits per heavy atom. The molecular formula is C8H15N3O4S.